The molecule has 0 aliphatic rings. The highest BCUT2D eigenvalue weighted by atomic mass is 19.1. The summed E-state index contributed by atoms with van der Waals surface area (Å²) in [6, 6.07) is 15.9. The van der Waals surface area contributed by atoms with Crippen molar-refractivity contribution in [1.82, 2.24) is 9.88 Å². The van der Waals surface area contributed by atoms with Gasteiger partial charge in [-0.15, -0.1) is 0 Å². The van der Waals surface area contributed by atoms with Gasteiger partial charge in [-0.25, -0.2) is 4.39 Å². The van der Waals surface area contributed by atoms with Crippen LogP contribution < -0.4 is 5.32 Å². The molecule has 5 heteroatoms. The topological polar surface area (TPSA) is 54.3 Å². The molecule has 0 bridgehead atoms. The molecule has 2 aromatic carbocycles. The van der Waals surface area contributed by atoms with E-state index in [0.717, 1.165) is 13.0 Å². The van der Waals surface area contributed by atoms with E-state index in [9.17, 15) is 14.3 Å². The van der Waals surface area contributed by atoms with Crippen LogP contribution in [0.3, 0.4) is 0 Å². The van der Waals surface area contributed by atoms with Gasteiger partial charge in [0.1, 0.15) is 5.82 Å². The number of para-hydroxylation sites is 1. The van der Waals surface area contributed by atoms with Crippen LogP contribution in [0.2, 0.25) is 0 Å². The quantitative estimate of drug-likeness (QED) is 0.650. The summed E-state index contributed by atoms with van der Waals surface area (Å²) >= 11 is 0. The van der Waals surface area contributed by atoms with Crippen molar-refractivity contribution in [3.05, 3.63) is 72.2 Å². The van der Waals surface area contributed by atoms with Gasteiger partial charge >= 0.3 is 0 Å². The Morgan fingerprint density at radius 1 is 1.12 bits per heavy atom. The van der Waals surface area contributed by atoms with Crippen LogP contribution in [0.15, 0.2) is 60.8 Å². The zero-order valence-corrected chi connectivity index (χ0v) is 13.9. The predicted octanol–water partition coefficient (Wildman–Crippen LogP) is 3.06. The van der Waals surface area contributed by atoms with Gasteiger partial charge in [0.25, 0.3) is 0 Å². The monoisotopic (exact) mass is 340 g/mol. The summed E-state index contributed by atoms with van der Waals surface area (Å²) in [7, 11) is 0. The highest BCUT2D eigenvalue weighted by molar-refractivity contribution is 5.83. The fourth-order valence-corrected chi connectivity index (χ4v) is 2.95. The normalized spacial score (nSPS) is 12.2. The molecule has 1 amide bonds. The van der Waals surface area contributed by atoms with Crippen LogP contribution in [0.25, 0.3) is 10.9 Å². The minimum Gasteiger partial charge on any atom is -0.395 e. The molecule has 0 aliphatic carbocycles. The van der Waals surface area contributed by atoms with E-state index in [1.165, 1.54) is 35.2 Å². The van der Waals surface area contributed by atoms with E-state index in [2.05, 4.69) is 28.1 Å². The fourth-order valence-electron chi connectivity index (χ4n) is 2.95. The molecule has 3 aromatic rings. The number of nitrogens with one attached hydrogen (secondary N) is 1. The number of hydrogen-bond donors (Lipinski definition) is 2. The molecule has 0 radical (unpaired) electrons. The first kappa shape index (κ1) is 17.2. The van der Waals surface area contributed by atoms with Crippen molar-refractivity contribution in [2.45, 2.75) is 18.9 Å². The number of nitrogens with zero attached hydrogens (tertiary/aromatic N) is 1. The summed E-state index contributed by atoms with van der Waals surface area (Å²) in [5.41, 5.74) is 1.78. The van der Waals surface area contributed by atoms with Crippen LogP contribution in [-0.4, -0.2) is 28.7 Å². The second kappa shape index (κ2) is 7.94. The van der Waals surface area contributed by atoms with Gasteiger partial charge in [-0.2, -0.15) is 0 Å². The third-order valence-corrected chi connectivity index (χ3v) is 4.33. The molecule has 130 valence electrons. The van der Waals surface area contributed by atoms with E-state index in [1.54, 1.807) is 0 Å². The second-order valence-electron chi connectivity index (χ2n) is 6.00. The number of aliphatic hydroxyl groups excluding tert-OH is 1. The first-order valence-corrected chi connectivity index (χ1v) is 8.37. The standard InChI is InChI=1S/C20H21FN2O2/c21-17-8-6-15(7-9-17)18(14-24)20(25)22-11-3-12-23-13-10-16-4-1-2-5-19(16)23/h1-2,4-10,13,18,24H,3,11-12,14H2,(H,22,25)/t18-/m0/s1. The number of amides is 1. The molecule has 0 aliphatic heterocycles. The first-order valence-electron chi connectivity index (χ1n) is 8.37. The van der Waals surface area contributed by atoms with Gasteiger partial charge < -0.3 is 15.0 Å². The Kier molecular flexibility index (Phi) is 5.46. The van der Waals surface area contributed by atoms with Crippen molar-refractivity contribution in [1.29, 1.82) is 0 Å². The Balaban J connectivity index is 1.52. The lowest BCUT2D eigenvalue weighted by atomic mass is 9.99. The van der Waals surface area contributed by atoms with Gasteiger partial charge in [0.15, 0.2) is 0 Å². The average molecular weight is 340 g/mol. The maximum absolute atomic E-state index is 13.0. The third kappa shape index (κ3) is 4.06. The van der Waals surface area contributed by atoms with E-state index in [1.807, 2.05) is 18.3 Å². The summed E-state index contributed by atoms with van der Waals surface area (Å²) < 4.78 is 15.1. The molecule has 0 unspecified atom stereocenters. The largest absolute Gasteiger partial charge is 0.395 e. The van der Waals surface area contributed by atoms with E-state index in [4.69, 9.17) is 0 Å². The number of aliphatic hydroxyl groups is 1. The molecular formula is C20H21FN2O2. The lowest BCUT2D eigenvalue weighted by molar-refractivity contribution is -0.123. The number of benzene rings is 2. The molecule has 1 aromatic heterocycles. The first-order chi connectivity index (χ1) is 12.2. The Hall–Kier alpha value is -2.66. The number of carbonyl (C=O) groups excluding carboxylic acids is 1. The molecule has 0 saturated carbocycles. The van der Waals surface area contributed by atoms with E-state index in [0.29, 0.717) is 12.1 Å². The molecule has 0 saturated heterocycles. The van der Waals surface area contributed by atoms with Crippen LogP contribution >= 0.6 is 0 Å². The van der Waals surface area contributed by atoms with Crippen LogP contribution in [0.4, 0.5) is 4.39 Å². The summed E-state index contributed by atoms with van der Waals surface area (Å²) in [4.78, 5) is 12.3. The Morgan fingerprint density at radius 2 is 1.88 bits per heavy atom. The van der Waals surface area contributed by atoms with Crippen molar-refractivity contribution in [3.63, 3.8) is 0 Å². The second-order valence-corrected chi connectivity index (χ2v) is 6.00. The SMILES string of the molecule is O=C(NCCCn1ccc2ccccc21)[C@@H](CO)c1ccc(F)cc1. The fraction of sp³-hybridized carbons (Fsp3) is 0.250. The van der Waals surface area contributed by atoms with Gasteiger partial charge in [-0.1, -0.05) is 30.3 Å². The van der Waals surface area contributed by atoms with Crippen LogP contribution in [0, 0.1) is 5.82 Å². The van der Waals surface area contributed by atoms with E-state index < -0.39 is 5.92 Å². The van der Waals surface area contributed by atoms with E-state index >= 15 is 0 Å². The molecule has 4 nitrogen and oxygen atoms in total. The number of rotatable bonds is 7. The number of carbonyl (C=O) groups is 1. The molecule has 0 spiro atoms. The highest BCUT2D eigenvalue weighted by Crippen LogP contribution is 2.17. The Morgan fingerprint density at radius 3 is 2.64 bits per heavy atom. The third-order valence-electron chi connectivity index (χ3n) is 4.33. The zero-order chi connectivity index (χ0) is 17.6. The van der Waals surface area contributed by atoms with Crippen LogP contribution in [0.5, 0.6) is 0 Å². The molecule has 25 heavy (non-hydrogen) atoms. The maximum Gasteiger partial charge on any atom is 0.229 e. The van der Waals surface area contributed by atoms with Crippen molar-refractivity contribution in [2.24, 2.45) is 0 Å². The van der Waals surface area contributed by atoms with Crippen molar-refractivity contribution in [2.75, 3.05) is 13.2 Å². The number of halogens is 1. The summed E-state index contributed by atoms with van der Waals surface area (Å²) in [5, 5.41) is 13.5. The summed E-state index contributed by atoms with van der Waals surface area (Å²) in [5.74, 6) is -1.28. The summed E-state index contributed by atoms with van der Waals surface area (Å²) in [6.07, 6.45) is 2.83. The van der Waals surface area contributed by atoms with Gasteiger partial charge in [0.05, 0.1) is 12.5 Å². The van der Waals surface area contributed by atoms with Crippen molar-refractivity contribution >= 4 is 16.8 Å². The minimum atomic E-state index is -0.673. The lowest BCUT2D eigenvalue weighted by Gasteiger charge is -2.15. The average Bonchev–Trinajstić information content (AvgIpc) is 3.04. The number of aryl methyl sites for hydroxylation is 1. The van der Waals surface area contributed by atoms with Crippen molar-refractivity contribution < 1.29 is 14.3 Å². The van der Waals surface area contributed by atoms with Crippen molar-refractivity contribution in [3.8, 4) is 0 Å². The van der Waals surface area contributed by atoms with E-state index in [-0.39, 0.29) is 18.3 Å². The summed E-state index contributed by atoms with van der Waals surface area (Å²) in [6.45, 7) is 1.01. The number of hydrogen-bond acceptors (Lipinski definition) is 2. The molecule has 1 atom stereocenters. The van der Waals surface area contributed by atoms with Gasteiger partial charge in [0.2, 0.25) is 5.91 Å². The Bertz CT molecular complexity index is 842. The van der Waals surface area contributed by atoms with Crippen LogP contribution in [-0.2, 0) is 11.3 Å². The smallest absolute Gasteiger partial charge is 0.229 e. The molecule has 3 rings (SSSR count). The van der Waals surface area contributed by atoms with Gasteiger partial charge in [0, 0.05) is 24.8 Å². The lowest BCUT2D eigenvalue weighted by Crippen LogP contribution is -2.32. The van der Waals surface area contributed by atoms with Gasteiger partial charge in [-0.05, 0) is 41.6 Å². The Labute approximate surface area is 145 Å². The maximum atomic E-state index is 13.0. The molecule has 2 N–H and O–H groups in total. The number of fused-ring (bicyclic) bond motifs is 1. The van der Waals surface area contributed by atoms with Gasteiger partial charge in [-0.3, -0.25) is 4.79 Å². The molecular weight excluding hydrogens is 319 g/mol. The minimum absolute atomic E-state index is 0.244. The molecule has 0 fully saturated rings. The zero-order valence-electron chi connectivity index (χ0n) is 13.9. The number of aromatic nitrogens is 1. The predicted molar refractivity (Wildman–Crippen MR) is 95.8 cm³/mol. The molecule has 1 heterocycles. The highest BCUT2D eigenvalue weighted by Gasteiger charge is 2.19. The van der Waals surface area contributed by atoms with Crippen LogP contribution in [0.1, 0.15) is 17.9 Å².